The first-order chi connectivity index (χ1) is 13.3. The molecule has 2 N–H and O–H groups in total. The van der Waals surface area contributed by atoms with Gasteiger partial charge < -0.3 is 15.0 Å². The maximum atomic E-state index is 5.84. The van der Waals surface area contributed by atoms with Gasteiger partial charge in [-0.25, -0.2) is 4.98 Å². The number of nitrogens with zero attached hydrogens (tertiary/aromatic N) is 1. The van der Waals surface area contributed by atoms with Gasteiger partial charge in [0.05, 0.1) is 12.6 Å². The van der Waals surface area contributed by atoms with Gasteiger partial charge in [-0.2, -0.15) is 0 Å². The second-order valence-electron chi connectivity index (χ2n) is 6.91. The lowest BCUT2D eigenvalue weighted by molar-refractivity contribution is 0.337. The molecule has 5 rings (SSSR count). The minimum Gasteiger partial charge on any atom is -0.494 e. The Bertz CT molecular complexity index is 1150. The normalized spacial score (nSPS) is 15.1. The monoisotopic (exact) mass is 355 g/mol. The van der Waals surface area contributed by atoms with Gasteiger partial charge in [0.1, 0.15) is 11.4 Å². The van der Waals surface area contributed by atoms with Crippen molar-refractivity contribution >= 4 is 16.7 Å². The predicted molar refractivity (Wildman–Crippen MR) is 109 cm³/mol. The lowest BCUT2D eigenvalue weighted by Gasteiger charge is -2.21. The molecule has 1 atom stereocenters. The molecule has 0 aliphatic carbocycles. The van der Waals surface area contributed by atoms with Crippen molar-refractivity contribution in [1.82, 2.24) is 9.97 Å². The molecule has 0 fully saturated rings. The van der Waals surface area contributed by atoms with E-state index in [1.807, 2.05) is 13.1 Å². The summed E-state index contributed by atoms with van der Waals surface area (Å²) >= 11 is 0. The fourth-order valence-electron chi connectivity index (χ4n) is 3.98. The van der Waals surface area contributed by atoms with E-state index in [2.05, 4.69) is 76.9 Å². The van der Waals surface area contributed by atoms with Crippen molar-refractivity contribution in [1.29, 1.82) is 0 Å². The summed E-state index contributed by atoms with van der Waals surface area (Å²) in [5.74, 6) is 0.938. The standard InChI is InChI=1S/C23H21N3O/c1-3-27-20-12-15(9-8-14(20)2)22-18-13-25-23-21(18)17(10-11-24-23)16-6-4-5-7-19(16)26-22/h4-13,22,26H,3H2,1-2H3,(H,24,25). The van der Waals surface area contributed by atoms with E-state index in [4.69, 9.17) is 4.74 Å². The number of hydrogen-bond acceptors (Lipinski definition) is 3. The van der Waals surface area contributed by atoms with Gasteiger partial charge in [-0.05, 0) is 48.7 Å². The van der Waals surface area contributed by atoms with E-state index in [1.165, 1.54) is 27.6 Å². The molecule has 3 heterocycles. The molecule has 0 bridgehead atoms. The van der Waals surface area contributed by atoms with Crippen LogP contribution in [0.5, 0.6) is 5.75 Å². The summed E-state index contributed by atoms with van der Waals surface area (Å²) in [5, 5.41) is 4.93. The molecule has 4 nitrogen and oxygen atoms in total. The topological polar surface area (TPSA) is 49.9 Å². The number of aryl methyl sites for hydroxylation is 1. The molecule has 0 saturated carbocycles. The highest BCUT2D eigenvalue weighted by Gasteiger charge is 2.26. The van der Waals surface area contributed by atoms with Crippen LogP contribution in [0.1, 0.15) is 29.7 Å². The van der Waals surface area contributed by atoms with Gasteiger partial charge in [-0.1, -0.05) is 30.3 Å². The number of hydrogen-bond donors (Lipinski definition) is 2. The van der Waals surface area contributed by atoms with Crippen LogP contribution in [-0.2, 0) is 0 Å². The summed E-state index contributed by atoms with van der Waals surface area (Å²) in [6.07, 6.45) is 3.94. The number of ether oxygens (including phenoxy) is 1. The summed E-state index contributed by atoms with van der Waals surface area (Å²) in [5.41, 5.74) is 7.99. The third-order valence-electron chi connectivity index (χ3n) is 5.28. The highest BCUT2D eigenvalue weighted by Crippen LogP contribution is 2.43. The Morgan fingerprint density at radius 3 is 2.85 bits per heavy atom. The minimum atomic E-state index is 0.0187. The van der Waals surface area contributed by atoms with E-state index in [0.717, 1.165) is 22.6 Å². The van der Waals surface area contributed by atoms with Crippen LogP contribution < -0.4 is 10.1 Å². The van der Waals surface area contributed by atoms with Gasteiger partial charge in [0.25, 0.3) is 0 Å². The molecule has 1 aliphatic heterocycles. The first kappa shape index (κ1) is 15.9. The smallest absolute Gasteiger partial charge is 0.138 e. The number of H-pyrrole nitrogens is 1. The van der Waals surface area contributed by atoms with E-state index in [9.17, 15) is 0 Å². The SMILES string of the molecule is CCOc1cc(C2Nc3ccccc3-c3ccnc4[nH]cc2c34)ccc1C. The zero-order valence-corrected chi connectivity index (χ0v) is 15.4. The molecule has 1 unspecified atom stereocenters. The second-order valence-corrected chi connectivity index (χ2v) is 6.91. The van der Waals surface area contributed by atoms with Gasteiger partial charge in [0.15, 0.2) is 0 Å². The number of aromatic amines is 1. The summed E-state index contributed by atoms with van der Waals surface area (Å²) in [4.78, 5) is 7.89. The lowest BCUT2D eigenvalue weighted by Crippen LogP contribution is -2.11. The zero-order valence-electron chi connectivity index (χ0n) is 15.4. The van der Waals surface area contributed by atoms with Crippen molar-refractivity contribution in [3.8, 4) is 16.9 Å². The number of fused-ring (bicyclic) bond motifs is 2. The Labute approximate surface area is 158 Å². The van der Waals surface area contributed by atoms with Gasteiger partial charge in [0.2, 0.25) is 0 Å². The molecular weight excluding hydrogens is 334 g/mol. The number of rotatable bonds is 3. The molecule has 0 radical (unpaired) electrons. The third-order valence-corrected chi connectivity index (χ3v) is 5.28. The van der Waals surface area contributed by atoms with Gasteiger partial charge in [0, 0.05) is 34.6 Å². The van der Waals surface area contributed by atoms with Crippen LogP contribution in [0.4, 0.5) is 5.69 Å². The maximum Gasteiger partial charge on any atom is 0.138 e. The van der Waals surface area contributed by atoms with Gasteiger partial charge >= 0.3 is 0 Å². The summed E-state index contributed by atoms with van der Waals surface area (Å²) in [6, 6.07) is 17.0. The zero-order chi connectivity index (χ0) is 18.4. The Morgan fingerprint density at radius 2 is 1.96 bits per heavy atom. The number of benzene rings is 2. The molecule has 134 valence electrons. The van der Waals surface area contributed by atoms with Gasteiger partial charge in [-0.3, -0.25) is 0 Å². The number of aromatic nitrogens is 2. The molecule has 0 saturated heterocycles. The van der Waals surface area contributed by atoms with Crippen molar-refractivity contribution in [2.24, 2.45) is 0 Å². The van der Waals surface area contributed by atoms with Crippen molar-refractivity contribution in [2.45, 2.75) is 19.9 Å². The van der Waals surface area contributed by atoms with E-state index in [1.54, 1.807) is 0 Å². The number of pyridine rings is 1. The van der Waals surface area contributed by atoms with Crippen LogP contribution in [0.15, 0.2) is 60.9 Å². The van der Waals surface area contributed by atoms with Crippen molar-refractivity contribution in [2.75, 3.05) is 11.9 Å². The molecular formula is C23H21N3O. The minimum absolute atomic E-state index is 0.0187. The van der Waals surface area contributed by atoms with E-state index < -0.39 is 0 Å². The molecule has 1 aliphatic rings. The van der Waals surface area contributed by atoms with Crippen LogP contribution >= 0.6 is 0 Å². The van der Waals surface area contributed by atoms with Crippen LogP contribution in [0.2, 0.25) is 0 Å². The quantitative estimate of drug-likeness (QED) is 0.514. The highest BCUT2D eigenvalue weighted by molar-refractivity contribution is 6.01. The molecule has 0 amide bonds. The Hall–Kier alpha value is -3.27. The van der Waals surface area contributed by atoms with Crippen LogP contribution in [0.25, 0.3) is 22.2 Å². The van der Waals surface area contributed by atoms with Crippen molar-refractivity contribution in [3.05, 3.63) is 77.6 Å². The van der Waals surface area contributed by atoms with Crippen LogP contribution in [0, 0.1) is 6.92 Å². The first-order valence-corrected chi connectivity index (χ1v) is 9.31. The fraction of sp³-hybridized carbons (Fsp3) is 0.174. The van der Waals surface area contributed by atoms with Gasteiger partial charge in [-0.15, -0.1) is 0 Å². The third kappa shape index (κ3) is 2.48. The summed E-state index contributed by atoms with van der Waals surface area (Å²) in [6.45, 7) is 4.76. The van der Waals surface area contributed by atoms with Crippen molar-refractivity contribution < 1.29 is 4.74 Å². The Balaban J connectivity index is 1.76. The van der Waals surface area contributed by atoms with Crippen molar-refractivity contribution in [3.63, 3.8) is 0 Å². The number of para-hydroxylation sites is 1. The lowest BCUT2D eigenvalue weighted by atomic mass is 9.96. The molecule has 4 heteroatoms. The second kappa shape index (κ2) is 6.16. The van der Waals surface area contributed by atoms with E-state index >= 15 is 0 Å². The first-order valence-electron chi connectivity index (χ1n) is 9.31. The number of nitrogens with one attached hydrogen (secondary N) is 2. The predicted octanol–water partition coefficient (Wildman–Crippen LogP) is 5.45. The van der Waals surface area contributed by atoms with E-state index in [-0.39, 0.29) is 6.04 Å². The molecule has 2 aromatic carbocycles. The Morgan fingerprint density at radius 1 is 1.07 bits per heavy atom. The molecule has 2 aromatic heterocycles. The fourth-order valence-corrected chi connectivity index (χ4v) is 3.98. The average Bonchev–Trinajstić information content (AvgIpc) is 3.06. The largest absolute Gasteiger partial charge is 0.494 e. The van der Waals surface area contributed by atoms with Crippen LogP contribution in [-0.4, -0.2) is 16.6 Å². The van der Waals surface area contributed by atoms with Crippen LogP contribution in [0.3, 0.4) is 0 Å². The average molecular weight is 355 g/mol. The summed E-state index contributed by atoms with van der Waals surface area (Å²) < 4.78 is 5.84. The molecule has 27 heavy (non-hydrogen) atoms. The summed E-state index contributed by atoms with van der Waals surface area (Å²) in [7, 11) is 0. The highest BCUT2D eigenvalue weighted by atomic mass is 16.5. The molecule has 0 spiro atoms. The maximum absolute atomic E-state index is 5.84. The number of anilines is 1. The Kier molecular flexibility index (Phi) is 3.64. The van der Waals surface area contributed by atoms with E-state index in [0.29, 0.717) is 6.61 Å². The molecule has 4 aromatic rings.